The molecule has 21 heavy (non-hydrogen) atoms. The summed E-state index contributed by atoms with van der Waals surface area (Å²) in [5.74, 6) is 0.777. The van der Waals surface area contributed by atoms with Crippen molar-refractivity contribution < 1.29 is 4.79 Å². The normalized spacial score (nSPS) is 10.7. The molecule has 3 aromatic rings. The van der Waals surface area contributed by atoms with Gasteiger partial charge in [-0.1, -0.05) is 23.9 Å². The Morgan fingerprint density at radius 1 is 1.29 bits per heavy atom. The van der Waals surface area contributed by atoms with Gasteiger partial charge in [0.25, 0.3) is 0 Å². The smallest absolute Gasteiger partial charge is 0.235 e. The monoisotopic (exact) mass is 379 g/mol. The molecular weight excluding hydrogens is 370 g/mol. The maximum absolute atomic E-state index is 11.9. The highest BCUT2D eigenvalue weighted by Crippen LogP contribution is 2.29. The molecule has 0 aliphatic carbocycles. The van der Waals surface area contributed by atoms with Crippen LogP contribution < -0.4 is 5.32 Å². The number of nitrogens with one attached hydrogen (secondary N) is 1. The number of para-hydroxylation sites is 1. The molecule has 0 atom stereocenters. The first-order chi connectivity index (χ1) is 10.2. The second-order valence-electron chi connectivity index (χ2n) is 4.15. The molecule has 1 amide bonds. The van der Waals surface area contributed by atoms with Crippen LogP contribution in [0, 0.1) is 0 Å². The lowest BCUT2D eigenvalue weighted by Crippen LogP contribution is -2.14. The molecule has 0 bridgehead atoms. The van der Waals surface area contributed by atoms with Crippen molar-refractivity contribution in [2.24, 2.45) is 0 Å². The molecule has 0 unspecified atom stereocenters. The van der Waals surface area contributed by atoms with Gasteiger partial charge in [0.15, 0.2) is 4.34 Å². The lowest BCUT2D eigenvalue weighted by atomic mass is 10.3. The zero-order valence-electron chi connectivity index (χ0n) is 10.7. The van der Waals surface area contributed by atoms with Crippen LogP contribution in [-0.2, 0) is 4.79 Å². The lowest BCUT2D eigenvalue weighted by molar-refractivity contribution is -0.113. The van der Waals surface area contributed by atoms with Crippen molar-refractivity contribution >= 4 is 61.0 Å². The summed E-state index contributed by atoms with van der Waals surface area (Å²) in [7, 11) is 0. The third-order valence-corrected chi connectivity index (χ3v) is 5.24. The molecule has 0 radical (unpaired) electrons. The molecule has 2 heterocycles. The number of amides is 1. The molecule has 3 rings (SSSR count). The summed E-state index contributed by atoms with van der Waals surface area (Å²) < 4.78 is 2.91. The predicted octanol–water partition coefficient (Wildman–Crippen LogP) is 4.18. The molecule has 0 aliphatic heterocycles. The van der Waals surface area contributed by atoms with Crippen molar-refractivity contribution in [1.29, 1.82) is 0 Å². The third kappa shape index (κ3) is 3.81. The summed E-state index contributed by atoms with van der Waals surface area (Å²) >= 11 is 6.34. The van der Waals surface area contributed by atoms with Gasteiger partial charge >= 0.3 is 0 Å². The van der Waals surface area contributed by atoms with E-state index in [9.17, 15) is 4.79 Å². The van der Waals surface area contributed by atoms with Crippen molar-refractivity contribution in [3.63, 3.8) is 0 Å². The number of pyridine rings is 1. The van der Waals surface area contributed by atoms with Crippen molar-refractivity contribution in [3.8, 4) is 0 Å². The number of fused-ring (bicyclic) bond motifs is 1. The Morgan fingerprint density at radius 3 is 2.90 bits per heavy atom. The molecule has 4 nitrogen and oxygen atoms in total. The minimum Gasteiger partial charge on any atom is -0.310 e. The molecule has 106 valence electrons. The summed E-state index contributed by atoms with van der Waals surface area (Å²) in [6.45, 7) is 0. The van der Waals surface area contributed by atoms with Crippen LogP contribution in [0.15, 0.2) is 51.4 Å². The van der Waals surface area contributed by atoms with E-state index >= 15 is 0 Å². The number of hydrogen-bond acceptors (Lipinski definition) is 5. The van der Waals surface area contributed by atoms with Crippen LogP contribution in [0.2, 0.25) is 0 Å². The van der Waals surface area contributed by atoms with E-state index in [-0.39, 0.29) is 5.91 Å². The van der Waals surface area contributed by atoms with E-state index in [4.69, 9.17) is 0 Å². The molecule has 0 saturated carbocycles. The number of halogens is 1. The van der Waals surface area contributed by atoms with E-state index in [0.717, 1.165) is 19.0 Å². The lowest BCUT2D eigenvalue weighted by Gasteiger charge is -2.02. The summed E-state index contributed by atoms with van der Waals surface area (Å²) in [6, 6.07) is 11.5. The van der Waals surface area contributed by atoms with E-state index in [2.05, 4.69) is 31.2 Å². The Kier molecular flexibility index (Phi) is 4.52. The standard InChI is InChI=1S/C14H10BrN3OS2/c15-9-5-6-12(16-7-9)18-13(19)8-20-14-17-10-3-1-2-4-11(10)21-14/h1-7H,8H2,(H,16,18,19). The van der Waals surface area contributed by atoms with Crippen molar-refractivity contribution in [3.05, 3.63) is 47.1 Å². The topological polar surface area (TPSA) is 54.9 Å². The highest BCUT2D eigenvalue weighted by Gasteiger charge is 2.08. The van der Waals surface area contributed by atoms with Gasteiger partial charge in [-0.3, -0.25) is 4.79 Å². The van der Waals surface area contributed by atoms with E-state index < -0.39 is 0 Å². The number of aromatic nitrogens is 2. The molecule has 1 N–H and O–H groups in total. The van der Waals surface area contributed by atoms with Crippen LogP contribution in [0.3, 0.4) is 0 Å². The van der Waals surface area contributed by atoms with Crippen LogP contribution in [0.5, 0.6) is 0 Å². The average molecular weight is 380 g/mol. The fourth-order valence-electron chi connectivity index (χ4n) is 1.67. The number of thiazole rings is 1. The van der Waals surface area contributed by atoms with Crippen molar-refractivity contribution in [2.45, 2.75) is 4.34 Å². The maximum Gasteiger partial charge on any atom is 0.235 e. The van der Waals surface area contributed by atoms with E-state index in [1.807, 2.05) is 30.3 Å². The molecule has 7 heteroatoms. The molecular formula is C14H10BrN3OS2. The second-order valence-corrected chi connectivity index (χ2v) is 7.31. The van der Waals surface area contributed by atoms with Crippen LogP contribution in [0.25, 0.3) is 10.2 Å². The number of thioether (sulfide) groups is 1. The van der Waals surface area contributed by atoms with Gasteiger partial charge < -0.3 is 5.32 Å². The highest BCUT2D eigenvalue weighted by molar-refractivity contribution is 9.10. The highest BCUT2D eigenvalue weighted by atomic mass is 79.9. The van der Waals surface area contributed by atoms with Gasteiger partial charge in [-0.05, 0) is 40.2 Å². The Morgan fingerprint density at radius 2 is 2.14 bits per heavy atom. The zero-order valence-corrected chi connectivity index (χ0v) is 14.0. The molecule has 1 aromatic carbocycles. The third-order valence-electron chi connectivity index (χ3n) is 2.60. The number of nitrogens with zero attached hydrogens (tertiary/aromatic N) is 2. The predicted molar refractivity (Wildman–Crippen MR) is 90.9 cm³/mol. The molecule has 0 saturated heterocycles. The minimum atomic E-state index is -0.0888. The van der Waals surface area contributed by atoms with E-state index in [1.54, 1.807) is 23.6 Å². The van der Waals surface area contributed by atoms with Crippen LogP contribution in [0.1, 0.15) is 0 Å². The van der Waals surface area contributed by atoms with Crippen LogP contribution in [-0.4, -0.2) is 21.6 Å². The largest absolute Gasteiger partial charge is 0.310 e. The van der Waals surface area contributed by atoms with Gasteiger partial charge in [0, 0.05) is 10.7 Å². The Hall–Kier alpha value is -1.44. The molecule has 0 aliphatic rings. The van der Waals surface area contributed by atoms with Gasteiger partial charge in [-0.2, -0.15) is 0 Å². The van der Waals surface area contributed by atoms with Gasteiger partial charge in [-0.15, -0.1) is 11.3 Å². The van der Waals surface area contributed by atoms with Gasteiger partial charge in [0.2, 0.25) is 5.91 Å². The molecule has 0 spiro atoms. The van der Waals surface area contributed by atoms with Gasteiger partial charge in [-0.25, -0.2) is 9.97 Å². The molecule has 2 aromatic heterocycles. The number of carbonyl (C=O) groups excluding carboxylic acids is 1. The fourth-order valence-corrected chi connectivity index (χ4v) is 3.77. The summed E-state index contributed by atoms with van der Waals surface area (Å²) in [6.07, 6.45) is 1.65. The minimum absolute atomic E-state index is 0.0888. The maximum atomic E-state index is 11.9. The summed E-state index contributed by atoms with van der Waals surface area (Å²) in [5.41, 5.74) is 0.972. The fraction of sp³-hybridized carbons (Fsp3) is 0.0714. The number of hydrogen-bond donors (Lipinski definition) is 1. The van der Waals surface area contributed by atoms with Gasteiger partial charge in [0.05, 0.1) is 16.0 Å². The first kappa shape index (κ1) is 14.5. The van der Waals surface area contributed by atoms with E-state index in [1.165, 1.54) is 11.8 Å². The zero-order chi connectivity index (χ0) is 14.7. The summed E-state index contributed by atoms with van der Waals surface area (Å²) in [4.78, 5) is 20.5. The van der Waals surface area contributed by atoms with Crippen molar-refractivity contribution in [2.75, 3.05) is 11.1 Å². The first-order valence-electron chi connectivity index (χ1n) is 6.10. The Balaban J connectivity index is 1.59. The second kappa shape index (κ2) is 6.55. The first-order valence-corrected chi connectivity index (χ1v) is 8.70. The van der Waals surface area contributed by atoms with Gasteiger partial charge in [0.1, 0.15) is 5.82 Å². The van der Waals surface area contributed by atoms with Crippen LogP contribution >= 0.6 is 39.0 Å². The number of carbonyl (C=O) groups is 1. The number of rotatable bonds is 4. The number of anilines is 1. The quantitative estimate of drug-likeness (QED) is 0.690. The number of benzene rings is 1. The average Bonchev–Trinajstić information content (AvgIpc) is 2.90. The van der Waals surface area contributed by atoms with E-state index in [0.29, 0.717) is 11.6 Å². The SMILES string of the molecule is O=C(CSc1nc2ccccc2s1)Nc1ccc(Br)cn1. The Bertz CT molecular complexity index is 740. The summed E-state index contributed by atoms with van der Waals surface area (Å²) in [5, 5.41) is 2.76. The molecule has 0 fully saturated rings. The Labute approximate surface area is 138 Å². The van der Waals surface area contributed by atoms with Crippen molar-refractivity contribution in [1.82, 2.24) is 9.97 Å². The van der Waals surface area contributed by atoms with Crippen LogP contribution in [0.4, 0.5) is 5.82 Å².